The van der Waals surface area contributed by atoms with Crippen molar-refractivity contribution in [1.82, 2.24) is 0 Å². The van der Waals surface area contributed by atoms with Gasteiger partial charge in [-0.25, -0.2) is 8.78 Å². The second-order valence-electron chi connectivity index (χ2n) is 3.47. The highest BCUT2D eigenvalue weighted by Gasteiger charge is 2.06. The van der Waals surface area contributed by atoms with Crippen LogP contribution >= 0.6 is 0 Å². The Kier molecular flexibility index (Phi) is 3.77. The lowest BCUT2D eigenvalue weighted by Gasteiger charge is -2.18. The van der Waals surface area contributed by atoms with Crippen LogP contribution in [0.1, 0.15) is 13.3 Å². The molecule has 0 saturated heterocycles. The van der Waals surface area contributed by atoms with Crippen molar-refractivity contribution in [2.75, 3.05) is 18.5 Å². The van der Waals surface area contributed by atoms with Crippen molar-refractivity contribution < 1.29 is 13.6 Å². The lowest BCUT2D eigenvalue weighted by molar-refractivity contribution is -0.116. The first kappa shape index (κ1) is 11.6. The summed E-state index contributed by atoms with van der Waals surface area (Å²) in [7, 11) is 1.73. The highest BCUT2D eigenvalue weighted by Crippen LogP contribution is 2.16. The summed E-state index contributed by atoms with van der Waals surface area (Å²) in [5.41, 5.74) is 0.565. The number of halogens is 2. The van der Waals surface area contributed by atoms with Gasteiger partial charge in [-0.3, -0.25) is 4.79 Å². The molecule has 0 amide bonds. The number of hydrogen-bond acceptors (Lipinski definition) is 2. The lowest BCUT2D eigenvalue weighted by Crippen LogP contribution is -2.20. The highest BCUT2D eigenvalue weighted by molar-refractivity contribution is 5.76. The molecule has 0 N–H and O–H groups in total. The van der Waals surface area contributed by atoms with Gasteiger partial charge in [-0.1, -0.05) is 0 Å². The van der Waals surface area contributed by atoms with Crippen molar-refractivity contribution in [1.29, 1.82) is 0 Å². The molecule has 0 bridgehead atoms. The zero-order chi connectivity index (χ0) is 11.4. The van der Waals surface area contributed by atoms with Crippen LogP contribution in [0.15, 0.2) is 18.2 Å². The Morgan fingerprint density at radius 3 is 2.53 bits per heavy atom. The summed E-state index contributed by atoms with van der Waals surface area (Å²) in [6, 6.07) is 3.68. The van der Waals surface area contributed by atoms with Gasteiger partial charge >= 0.3 is 0 Å². The van der Waals surface area contributed by atoms with Crippen molar-refractivity contribution in [3.05, 3.63) is 29.8 Å². The molecule has 0 aliphatic heterocycles. The van der Waals surface area contributed by atoms with Gasteiger partial charge in [0.2, 0.25) is 0 Å². The number of rotatable bonds is 4. The molecular weight excluding hydrogens is 200 g/mol. The molecule has 0 aliphatic rings. The molecule has 0 radical (unpaired) electrons. The number of anilines is 1. The number of carbonyl (C=O) groups is 1. The molecule has 0 aromatic heterocycles. The van der Waals surface area contributed by atoms with Crippen LogP contribution in [0.5, 0.6) is 0 Å². The zero-order valence-electron chi connectivity index (χ0n) is 8.76. The molecular formula is C11H13F2NO. The standard InChI is InChI=1S/C11H13F2NO/c1-8(15)5-6-14(2)9-3-4-10(12)11(13)7-9/h3-4,7H,5-6H2,1-2H3. The molecule has 15 heavy (non-hydrogen) atoms. The summed E-state index contributed by atoms with van der Waals surface area (Å²) in [4.78, 5) is 12.5. The van der Waals surface area contributed by atoms with Gasteiger partial charge in [0.25, 0.3) is 0 Å². The molecule has 1 aromatic carbocycles. The number of carbonyl (C=O) groups excluding carboxylic acids is 1. The Morgan fingerprint density at radius 1 is 1.33 bits per heavy atom. The lowest BCUT2D eigenvalue weighted by atomic mass is 10.2. The molecule has 0 heterocycles. The Balaban J connectivity index is 2.69. The summed E-state index contributed by atoms with van der Waals surface area (Å²) >= 11 is 0. The van der Waals surface area contributed by atoms with E-state index in [1.807, 2.05) is 0 Å². The second kappa shape index (κ2) is 4.87. The van der Waals surface area contributed by atoms with Crippen LogP contribution in [0.25, 0.3) is 0 Å². The maximum atomic E-state index is 12.9. The van der Waals surface area contributed by atoms with Crippen molar-refractivity contribution in [2.24, 2.45) is 0 Å². The summed E-state index contributed by atoms with van der Waals surface area (Å²) in [6.45, 7) is 2.00. The minimum Gasteiger partial charge on any atom is -0.374 e. The number of nitrogens with zero attached hydrogens (tertiary/aromatic N) is 1. The fraction of sp³-hybridized carbons (Fsp3) is 0.364. The van der Waals surface area contributed by atoms with Gasteiger partial charge in [-0.2, -0.15) is 0 Å². The van der Waals surface area contributed by atoms with Gasteiger partial charge in [0.15, 0.2) is 11.6 Å². The smallest absolute Gasteiger partial charge is 0.160 e. The van der Waals surface area contributed by atoms with Crippen LogP contribution in [0, 0.1) is 11.6 Å². The molecule has 0 saturated carbocycles. The van der Waals surface area contributed by atoms with Crippen molar-refractivity contribution in [3.8, 4) is 0 Å². The van der Waals surface area contributed by atoms with E-state index in [0.29, 0.717) is 18.7 Å². The van der Waals surface area contributed by atoms with E-state index >= 15 is 0 Å². The largest absolute Gasteiger partial charge is 0.374 e. The molecule has 0 unspecified atom stereocenters. The minimum absolute atomic E-state index is 0.0735. The third-order valence-corrected chi connectivity index (χ3v) is 2.14. The third-order valence-electron chi connectivity index (χ3n) is 2.14. The summed E-state index contributed by atoms with van der Waals surface area (Å²) in [6.07, 6.45) is 0.398. The number of Topliss-reactive ketones (excluding diaryl/α,β-unsaturated/α-hetero) is 1. The average Bonchev–Trinajstić information content (AvgIpc) is 2.18. The first-order valence-corrected chi connectivity index (χ1v) is 4.66. The molecule has 82 valence electrons. The third kappa shape index (κ3) is 3.31. The Labute approximate surface area is 87.5 Å². The maximum Gasteiger partial charge on any atom is 0.160 e. The van der Waals surface area contributed by atoms with E-state index in [9.17, 15) is 13.6 Å². The number of hydrogen-bond donors (Lipinski definition) is 0. The molecule has 0 fully saturated rings. The minimum atomic E-state index is -0.873. The number of ketones is 1. The summed E-state index contributed by atoms with van der Waals surface area (Å²) < 4.78 is 25.5. The van der Waals surface area contributed by atoms with Gasteiger partial charge < -0.3 is 4.90 Å². The van der Waals surface area contributed by atoms with Gasteiger partial charge in [-0.15, -0.1) is 0 Å². The molecule has 0 spiro atoms. The molecule has 4 heteroatoms. The fourth-order valence-electron chi connectivity index (χ4n) is 1.18. The molecule has 1 rings (SSSR count). The van der Waals surface area contributed by atoms with Gasteiger partial charge in [-0.05, 0) is 19.1 Å². The van der Waals surface area contributed by atoms with E-state index in [0.717, 1.165) is 12.1 Å². The molecule has 1 aromatic rings. The predicted octanol–water partition coefficient (Wildman–Crippen LogP) is 2.38. The highest BCUT2D eigenvalue weighted by atomic mass is 19.2. The van der Waals surface area contributed by atoms with E-state index in [2.05, 4.69) is 0 Å². The van der Waals surface area contributed by atoms with Crippen molar-refractivity contribution in [3.63, 3.8) is 0 Å². The first-order chi connectivity index (χ1) is 7.00. The summed E-state index contributed by atoms with van der Waals surface area (Å²) in [5, 5.41) is 0. The van der Waals surface area contributed by atoms with Crippen LogP contribution in [0.4, 0.5) is 14.5 Å². The normalized spacial score (nSPS) is 10.1. The SMILES string of the molecule is CC(=O)CCN(C)c1ccc(F)c(F)c1. The Morgan fingerprint density at radius 2 is 2.00 bits per heavy atom. The quantitative estimate of drug-likeness (QED) is 0.765. The topological polar surface area (TPSA) is 20.3 Å². The summed E-state index contributed by atoms with van der Waals surface area (Å²) in [5.74, 6) is -1.66. The van der Waals surface area contributed by atoms with Crippen LogP contribution in [-0.2, 0) is 4.79 Å². The zero-order valence-corrected chi connectivity index (χ0v) is 8.76. The fourth-order valence-corrected chi connectivity index (χ4v) is 1.18. The second-order valence-corrected chi connectivity index (χ2v) is 3.47. The van der Waals surface area contributed by atoms with Gasteiger partial charge in [0, 0.05) is 31.8 Å². The predicted molar refractivity (Wildman–Crippen MR) is 54.9 cm³/mol. The first-order valence-electron chi connectivity index (χ1n) is 4.66. The van der Waals surface area contributed by atoms with E-state index in [-0.39, 0.29) is 5.78 Å². The van der Waals surface area contributed by atoms with E-state index in [4.69, 9.17) is 0 Å². The van der Waals surface area contributed by atoms with Gasteiger partial charge in [0.05, 0.1) is 0 Å². The van der Waals surface area contributed by atoms with Crippen LogP contribution < -0.4 is 4.90 Å². The Bertz CT molecular complexity index is 366. The van der Waals surface area contributed by atoms with Crippen molar-refractivity contribution in [2.45, 2.75) is 13.3 Å². The number of benzene rings is 1. The van der Waals surface area contributed by atoms with Crippen LogP contribution in [0.2, 0.25) is 0 Å². The van der Waals surface area contributed by atoms with Crippen LogP contribution in [-0.4, -0.2) is 19.4 Å². The van der Waals surface area contributed by atoms with Crippen LogP contribution in [0.3, 0.4) is 0 Å². The average molecular weight is 213 g/mol. The molecule has 0 aliphatic carbocycles. The van der Waals surface area contributed by atoms with E-state index in [1.54, 1.807) is 11.9 Å². The van der Waals surface area contributed by atoms with E-state index < -0.39 is 11.6 Å². The van der Waals surface area contributed by atoms with E-state index in [1.165, 1.54) is 13.0 Å². The van der Waals surface area contributed by atoms with Crippen molar-refractivity contribution >= 4 is 11.5 Å². The Hall–Kier alpha value is -1.45. The molecule has 2 nitrogen and oxygen atoms in total. The maximum absolute atomic E-state index is 12.9. The molecule has 0 atom stereocenters. The van der Waals surface area contributed by atoms with Gasteiger partial charge in [0.1, 0.15) is 5.78 Å². The monoisotopic (exact) mass is 213 g/mol.